The number of benzene rings is 1. The molecule has 1 aromatic carbocycles. The summed E-state index contributed by atoms with van der Waals surface area (Å²) in [6.07, 6.45) is 2.51. The molecular weight excluding hydrogens is 410 g/mol. The van der Waals surface area contributed by atoms with E-state index in [1.807, 2.05) is 0 Å². The third-order valence-electron chi connectivity index (χ3n) is 4.87. The van der Waals surface area contributed by atoms with E-state index in [4.69, 9.17) is 9.88 Å². The molecule has 1 aliphatic heterocycles. The molecule has 0 saturated carbocycles. The van der Waals surface area contributed by atoms with Crippen molar-refractivity contribution in [2.24, 2.45) is 5.14 Å². The lowest BCUT2D eigenvalue weighted by molar-refractivity contribution is -0.110. The Morgan fingerprint density at radius 3 is 2.70 bits per heavy atom. The van der Waals surface area contributed by atoms with Gasteiger partial charge in [-0.15, -0.1) is 0 Å². The first-order valence-corrected chi connectivity index (χ1v) is 10.9. The molecule has 0 bridgehead atoms. The number of ether oxygens (including phenoxy) is 1. The van der Waals surface area contributed by atoms with Crippen LogP contribution in [0, 0.1) is 6.92 Å². The topological polar surface area (TPSA) is 152 Å². The Morgan fingerprint density at radius 2 is 2.07 bits per heavy atom. The Morgan fingerprint density at radius 1 is 1.33 bits per heavy atom. The van der Waals surface area contributed by atoms with E-state index in [1.54, 1.807) is 19.9 Å². The van der Waals surface area contributed by atoms with Crippen molar-refractivity contribution in [3.8, 4) is 0 Å². The second kappa shape index (κ2) is 8.42. The molecule has 5 N–H and O–H groups in total. The number of primary sulfonamides is 1. The summed E-state index contributed by atoms with van der Waals surface area (Å²) in [5, 5.41) is 17.1. The number of carbonyl (C=O) groups is 2. The number of aromatic nitrogens is 1. The number of amides is 1. The van der Waals surface area contributed by atoms with Crippen LogP contribution in [0.5, 0.6) is 0 Å². The predicted molar refractivity (Wildman–Crippen MR) is 111 cm³/mol. The van der Waals surface area contributed by atoms with E-state index in [0.29, 0.717) is 35.3 Å². The van der Waals surface area contributed by atoms with Crippen LogP contribution in [0.3, 0.4) is 0 Å². The zero-order chi connectivity index (χ0) is 22.1. The van der Waals surface area contributed by atoms with Gasteiger partial charge < -0.3 is 20.1 Å². The summed E-state index contributed by atoms with van der Waals surface area (Å²) >= 11 is 0. The van der Waals surface area contributed by atoms with Crippen molar-refractivity contribution in [1.29, 1.82) is 0 Å². The summed E-state index contributed by atoms with van der Waals surface area (Å²) < 4.78 is 28.5. The van der Waals surface area contributed by atoms with E-state index < -0.39 is 21.9 Å². The molecule has 0 atom stereocenters. The smallest absolute Gasteiger partial charge is 0.355 e. The van der Waals surface area contributed by atoms with E-state index in [2.05, 4.69) is 10.3 Å². The highest BCUT2D eigenvalue weighted by atomic mass is 32.2. The number of aromatic amines is 1. The molecule has 10 heteroatoms. The highest BCUT2D eigenvalue weighted by Gasteiger charge is 2.27. The lowest BCUT2D eigenvalue weighted by Crippen LogP contribution is -2.12. The fraction of sp³-hybridized carbons (Fsp3) is 0.300. The summed E-state index contributed by atoms with van der Waals surface area (Å²) in [6, 6.07) is 4.13. The molecule has 160 valence electrons. The second-order valence-corrected chi connectivity index (χ2v) is 8.39. The fourth-order valence-corrected chi connectivity index (χ4v) is 3.94. The normalized spacial score (nSPS) is 14.7. The van der Waals surface area contributed by atoms with Gasteiger partial charge in [-0.25, -0.2) is 18.4 Å². The van der Waals surface area contributed by atoms with E-state index >= 15 is 0 Å². The standard InChI is InChI=1S/C20H23N3O6S/c1-3-29-20(26)18-11(2)13(5-4-8-24)17(22-18)10-15-14-9-12(30(21,27)28)6-7-16(14)23-19(15)25/h6-7,9-10,22,24H,3-5,8H2,1-2H3,(H,23,25)(H2,21,27,28). The molecule has 0 saturated heterocycles. The number of carbonyl (C=O) groups excluding carboxylic acids is 2. The van der Waals surface area contributed by atoms with Gasteiger partial charge in [0.05, 0.1) is 17.1 Å². The van der Waals surface area contributed by atoms with Gasteiger partial charge in [0, 0.05) is 23.6 Å². The zero-order valence-electron chi connectivity index (χ0n) is 16.6. The average molecular weight is 433 g/mol. The van der Waals surface area contributed by atoms with E-state index in [9.17, 15) is 23.1 Å². The average Bonchev–Trinajstić information content (AvgIpc) is 3.16. The summed E-state index contributed by atoms with van der Waals surface area (Å²) in [5.41, 5.74) is 3.32. The lowest BCUT2D eigenvalue weighted by atomic mass is 10.0. The van der Waals surface area contributed by atoms with Crippen molar-refractivity contribution < 1.29 is 27.9 Å². The molecule has 30 heavy (non-hydrogen) atoms. The monoisotopic (exact) mass is 433 g/mol. The number of rotatable bonds is 7. The second-order valence-electron chi connectivity index (χ2n) is 6.83. The number of esters is 1. The number of aliphatic hydroxyl groups is 1. The molecule has 0 fully saturated rings. The fourth-order valence-electron chi connectivity index (χ4n) is 3.40. The SMILES string of the molecule is CCOC(=O)c1[nH]c(C=C2C(=O)Nc3ccc(S(N)(=O)=O)cc32)c(CCCO)c1C. The Labute approximate surface area is 174 Å². The molecule has 1 aliphatic rings. The molecule has 9 nitrogen and oxygen atoms in total. The van der Waals surface area contributed by atoms with E-state index in [1.165, 1.54) is 18.2 Å². The molecular formula is C20H23N3O6S. The summed E-state index contributed by atoms with van der Waals surface area (Å²) in [4.78, 5) is 27.7. The van der Waals surface area contributed by atoms with Crippen LogP contribution in [-0.4, -0.2) is 43.6 Å². The van der Waals surface area contributed by atoms with Crippen LogP contribution in [0.25, 0.3) is 11.6 Å². The number of anilines is 1. The predicted octanol–water partition coefficient (Wildman–Crippen LogP) is 1.56. The Kier molecular flexibility index (Phi) is 6.11. The van der Waals surface area contributed by atoms with Gasteiger partial charge in [-0.3, -0.25) is 4.79 Å². The maximum atomic E-state index is 12.5. The minimum absolute atomic E-state index is 0.0313. The van der Waals surface area contributed by atoms with Crippen molar-refractivity contribution in [2.75, 3.05) is 18.5 Å². The number of fused-ring (bicyclic) bond motifs is 1. The number of hydrogen-bond acceptors (Lipinski definition) is 6. The van der Waals surface area contributed by atoms with Gasteiger partial charge in [-0.05, 0) is 62.1 Å². The number of sulfonamides is 1. The van der Waals surface area contributed by atoms with E-state index in [0.717, 1.165) is 5.56 Å². The third-order valence-corrected chi connectivity index (χ3v) is 5.78. The van der Waals surface area contributed by atoms with Crippen molar-refractivity contribution in [3.63, 3.8) is 0 Å². The first kappa shape index (κ1) is 21.8. The van der Waals surface area contributed by atoms with Gasteiger partial charge in [0.15, 0.2) is 0 Å². The van der Waals surface area contributed by atoms with Crippen LogP contribution in [0.2, 0.25) is 0 Å². The Balaban J connectivity index is 2.14. The molecule has 0 radical (unpaired) electrons. The zero-order valence-corrected chi connectivity index (χ0v) is 17.4. The van der Waals surface area contributed by atoms with Gasteiger partial charge in [0.25, 0.3) is 5.91 Å². The van der Waals surface area contributed by atoms with Gasteiger partial charge in [0.1, 0.15) is 5.69 Å². The molecule has 0 aliphatic carbocycles. The largest absolute Gasteiger partial charge is 0.461 e. The molecule has 3 rings (SSSR count). The number of hydrogen-bond donors (Lipinski definition) is 4. The number of nitrogens with two attached hydrogens (primary N) is 1. The van der Waals surface area contributed by atoms with Crippen molar-refractivity contribution in [1.82, 2.24) is 4.98 Å². The lowest BCUT2D eigenvalue weighted by Gasteiger charge is -2.04. The van der Waals surface area contributed by atoms with E-state index in [-0.39, 0.29) is 29.4 Å². The van der Waals surface area contributed by atoms with Gasteiger partial charge in [-0.2, -0.15) is 0 Å². The minimum atomic E-state index is -3.94. The first-order chi connectivity index (χ1) is 14.2. The molecule has 0 unspecified atom stereocenters. The number of aliphatic hydroxyl groups excluding tert-OH is 1. The highest BCUT2D eigenvalue weighted by Crippen LogP contribution is 2.35. The number of nitrogens with one attached hydrogen (secondary N) is 2. The van der Waals surface area contributed by atoms with Gasteiger partial charge >= 0.3 is 5.97 Å². The maximum Gasteiger partial charge on any atom is 0.355 e. The van der Waals surface area contributed by atoms with Crippen LogP contribution in [0.4, 0.5) is 5.69 Å². The molecule has 1 amide bonds. The number of H-pyrrole nitrogens is 1. The molecule has 0 spiro atoms. The summed E-state index contributed by atoms with van der Waals surface area (Å²) in [5.74, 6) is -0.924. The van der Waals surface area contributed by atoms with Gasteiger partial charge in [0.2, 0.25) is 10.0 Å². The first-order valence-electron chi connectivity index (χ1n) is 9.37. The third kappa shape index (κ3) is 4.16. The Hall–Kier alpha value is -2.95. The van der Waals surface area contributed by atoms with Crippen LogP contribution >= 0.6 is 0 Å². The quantitative estimate of drug-likeness (QED) is 0.384. The van der Waals surface area contributed by atoms with Crippen molar-refractivity contribution in [3.05, 3.63) is 46.3 Å². The van der Waals surface area contributed by atoms with Crippen molar-refractivity contribution in [2.45, 2.75) is 31.6 Å². The summed E-state index contributed by atoms with van der Waals surface area (Å²) in [7, 11) is -3.94. The molecule has 2 aromatic rings. The highest BCUT2D eigenvalue weighted by molar-refractivity contribution is 7.89. The van der Waals surface area contributed by atoms with Gasteiger partial charge in [-0.1, -0.05) is 0 Å². The summed E-state index contributed by atoms with van der Waals surface area (Å²) in [6.45, 7) is 3.65. The molecule has 2 heterocycles. The van der Waals surface area contributed by atoms with Crippen LogP contribution in [0.1, 0.15) is 46.2 Å². The maximum absolute atomic E-state index is 12.5. The van der Waals surface area contributed by atoms with Crippen LogP contribution in [0.15, 0.2) is 23.1 Å². The Bertz CT molecular complexity index is 1150. The minimum Gasteiger partial charge on any atom is -0.461 e. The van der Waals surface area contributed by atoms with Crippen LogP contribution in [-0.2, 0) is 26.0 Å². The van der Waals surface area contributed by atoms with Crippen LogP contribution < -0.4 is 10.5 Å². The molecule has 1 aromatic heterocycles. The van der Waals surface area contributed by atoms with Crippen molar-refractivity contribution >= 4 is 39.2 Å².